The molecule has 148 valence electrons. The first-order valence-corrected chi connectivity index (χ1v) is 9.10. The molecule has 0 spiro atoms. The van der Waals surface area contributed by atoms with Crippen LogP contribution in [0.25, 0.3) is 22.1 Å². The molecule has 0 aliphatic heterocycles. The second kappa shape index (κ2) is 7.00. The number of benzene rings is 2. The minimum atomic E-state index is -0.546. The van der Waals surface area contributed by atoms with Gasteiger partial charge in [0.15, 0.2) is 5.76 Å². The number of halogens is 1. The van der Waals surface area contributed by atoms with Crippen LogP contribution in [-0.4, -0.2) is 15.7 Å². The van der Waals surface area contributed by atoms with E-state index >= 15 is 0 Å². The molecule has 5 rings (SSSR count). The maximum absolute atomic E-state index is 13.3. The lowest BCUT2D eigenvalue weighted by Crippen LogP contribution is -2.10. The number of carbonyl (C=O) groups excluding carboxylic acids is 1. The minimum absolute atomic E-state index is 0.00866. The van der Waals surface area contributed by atoms with E-state index in [1.807, 2.05) is 0 Å². The van der Waals surface area contributed by atoms with Crippen molar-refractivity contribution >= 4 is 33.7 Å². The molecular weight excluding hydrogens is 389 g/mol. The van der Waals surface area contributed by atoms with Crippen molar-refractivity contribution in [2.24, 2.45) is 0 Å². The number of nitrogens with one attached hydrogen (secondary N) is 1. The van der Waals surface area contributed by atoms with Crippen molar-refractivity contribution in [1.82, 2.24) is 9.78 Å². The Morgan fingerprint density at radius 1 is 1.07 bits per heavy atom. The Morgan fingerprint density at radius 2 is 1.93 bits per heavy atom. The fourth-order valence-corrected chi connectivity index (χ4v) is 3.24. The van der Waals surface area contributed by atoms with Crippen molar-refractivity contribution in [2.45, 2.75) is 6.54 Å². The van der Waals surface area contributed by atoms with Gasteiger partial charge in [-0.3, -0.25) is 14.3 Å². The molecule has 0 bridgehead atoms. The Hall–Kier alpha value is -4.20. The summed E-state index contributed by atoms with van der Waals surface area (Å²) in [6.45, 7) is 0.350. The summed E-state index contributed by atoms with van der Waals surface area (Å²) in [7, 11) is 0. The van der Waals surface area contributed by atoms with Crippen LogP contribution in [0.2, 0.25) is 0 Å². The van der Waals surface area contributed by atoms with Gasteiger partial charge in [0, 0.05) is 12.3 Å². The summed E-state index contributed by atoms with van der Waals surface area (Å²) >= 11 is 0. The molecular formula is C22H14FN3O4. The standard InChI is InChI=1S/C22H14FN3O4/c23-14-5-3-4-13(8-14)11-26-12-15(10-24-26)25-21(28)19-9-17-20(27)16-6-1-2-7-18(16)29-22(17)30-19/h1-10,12H,11H2,(H,25,28). The van der Waals surface area contributed by atoms with Gasteiger partial charge in [-0.2, -0.15) is 5.10 Å². The van der Waals surface area contributed by atoms with E-state index < -0.39 is 5.91 Å². The number of aromatic nitrogens is 2. The highest BCUT2D eigenvalue weighted by Gasteiger charge is 2.18. The number of para-hydroxylation sites is 1. The fourth-order valence-electron chi connectivity index (χ4n) is 3.24. The van der Waals surface area contributed by atoms with Gasteiger partial charge in [0.1, 0.15) is 16.8 Å². The molecule has 0 saturated carbocycles. The van der Waals surface area contributed by atoms with E-state index in [0.29, 0.717) is 23.2 Å². The summed E-state index contributed by atoms with van der Waals surface area (Å²) in [6, 6.07) is 14.3. The number of rotatable bonds is 4. The summed E-state index contributed by atoms with van der Waals surface area (Å²) in [6.07, 6.45) is 3.08. The van der Waals surface area contributed by atoms with Crippen molar-refractivity contribution in [1.29, 1.82) is 0 Å². The molecule has 5 aromatic rings. The molecule has 7 nitrogen and oxygen atoms in total. The molecule has 30 heavy (non-hydrogen) atoms. The topological polar surface area (TPSA) is 90.3 Å². The Balaban J connectivity index is 1.38. The van der Waals surface area contributed by atoms with Crippen LogP contribution in [0.15, 0.2) is 80.6 Å². The number of hydrogen-bond donors (Lipinski definition) is 1. The van der Waals surface area contributed by atoms with Crippen LogP contribution in [0.3, 0.4) is 0 Å². The normalized spacial score (nSPS) is 11.2. The van der Waals surface area contributed by atoms with Gasteiger partial charge in [-0.25, -0.2) is 4.39 Å². The quantitative estimate of drug-likeness (QED) is 0.486. The average molecular weight is 403 g/mol. The maximum atomic E-state index is 13.3. The first kappa shape index (κ1) is 17.9. The number of hydrogen-bond acceptors (Lipinski definition) is 5. The van der Waals surface area contributed by atoms with Gasteiger partial charge in [0.25, 0.3) is 5.91 Å². The van der Waals surface area contributed by atoms with Gasteiger partial charge in [-0.15, -0.1) is 0 Å². The highest BCUT2D eigenvalue weighted by Crippen LogP contribution is 2.22. The Kier molecular flexibility index (Phi) is 4.17. The van der Waals surface area contributed by atoms with Gasteiger partial charge < -0.3 is 14.2 Å². The summed E-state index contributed by atoms with van der Waals surface area (Å²) in [5, 5.41) is 7.43. The first-order valence-electron chi connectivity index (χ1n) is 9.10. The smallest absolute Gasteiger partial charge is 0.302 e. The lowest BCUT2D eigenvalue weighted by atomic mass is 10.2. The molecule has 0 unspecified atom stereocenters. The van der Waals surface area contributed by atoms with E-state index in [0.717, 1.165) is 5.56 Å². The largest absolute Gasteiger partial charge is 0.425 e. The molecule has 0 aliphatic carbocycles. The van der Waals surface area contributed by atoms with Crippen LogP contribution in [0.4, 0.5) is 10.1 Å². The molecule has 0 saturated heterocycles. The molecule has 2 aromatic carbocycles. The molecule has 1 N–H and O–H groups in total. The molecule has 0 fully saturated rings. The van der Waals surface area contributed by atoms with E-state index in [9.17, 15) is 14.0 Å². The average Bonchev–Trinajstić information content (AvgIpc) is 3.35. The fraction of sp³-hybridized carbons (Fsp3) is 0.0455. The van der Waals surface area contributed by atoms with E-state index in [2.05, 4.69) is 10.4 Å². The van der Waals surface area contributed by atoms with Crippen molar-refractivity contribution in [3.8, 4) is 0 Å². The molecule has 0 aliphatic rings. The third-order valence-electron chi connectivity index (χ3n) is 4.63. The van der Waals surface area contributed by atoms with Gasteiger partial charge in [0.05, 0.1) is 23.8 Å². The molecule has 0 atom stereocenters. The number of furan rings is 1. The number of nitrogens with zero attached hydrogens (tertiary/aromatic N) is 2. The van der Waals surface area contributed by atoms with Crippen molar-refractivity contribution < 1.29 is 18.0 Å². The van der Waals surface area contributed by atoms with Crippen LogP contribution >= 0.6 is 0 Å². The summed E-state index contributed by atoms with van der Waals surface area (Å²) in [5.41, 5.74) is 1.29. The zero-order valence-electron chi connectivity index (χ0n) is 15.5. The van der Waals surface area contributed by atoms with Crippen LogP contribution in [-0.2, 0) is 6.54 Å². The van der Waals surface area contributed by atoms with Crippen molar-refractivity contribution in [3.63, 3.8) is 0 Å². The lowest BCUT2D eigenvalue weighted by Gasteiger charge is -2.02. The van der Waals surface area contributed by atoms with Gasteiger partial charge >= 0.3 is 5.78 Å². The third kappa shape index (κ3) is 3.24. The van der Waals surface area contributed by atoms with Gasteiger partial charge in [-0.05, 0) is 29.8 Å². The number of fused-ring (bicyclic) bond motifs is 2. The summed E-state index contributed by atoms with van der Waals surface area (Å²) < 4.78 is 25.9. The third-order valence-corrected chi connectivity index (χ3v) is 4.63. The molecule has 8 heteroatoms. The Bertz CT molecular complexity index is 1460. The molecule has 1 amide bonds. The summed E-state index contributed by atoms with van der Waals surface area (Å²) in [5.74, 6) is -0.936. The number of anilines is 1. The Morgan fingerprint density at radius 3 is 2.80 bits per heavy atom. The SMILES string of the molecule is O=C(Nc1cnn(Cc2cccc(F)c2)c1)c1cc2c(=O)c3ccccc3oc2o1. The zero-order chi connectivity index (χ0) is 20.7. The van der Waals surface area contributed by atoms with E-state index in [4.69, 9.17) is 8.83 Å². The van der Waals surface area contributed by atoms with Crippen LogP contribution in [0.5, 0.6) is 0 Å². The lowest BCUT2D eigenvalue weighted by molar-refractivity contribution is 0.0997. The van der Waals surface area contributed by atoms with Crippen LogP contribution in [0.1, 0.15) is 16.1 Å². The Labute approximate surface area is 168 Å². The molecule has 3 heterocycles. The van der Waals surface area contributed by atoms with Crippen LogP contribution in [0, 0.1) is 5.82 Å². The summed E-state index contributed by atoms with van der Waals surface area (Å²) in [4.78, 5) is 25.2. The predicted molar refractivity (Wildman–Crippen MR) is 108 cm³/mol. The minimum Gasteiger partial charge on any atom is -0.425 e. The maximum Gasteiger partial charge on any atom is 0.302 e. The second-order valence-electron chi connectivity index (χ2n) is 6.75. The van der Waals surface area contributed by atoms with E-state index in [1.165, 1.54) is 24.4 Å². The highest BCUT2D eigenvalue weighted by atomic mass is 19.1. The number of carbonyl (C=O) groups is 1. The van der Waals surface area contributed by atoms with Crippen molar-refractivity contribution in [2.75, 3.05) is 5.32 Å². The zero-order valence-corrected chi connectivity index (χ0v) is 15.5. The van der Waals surface area contributed by atoms with Gasteiger partial charge in [-0.1, -0.05) is 24.3 Å². The second-order valence-corrected chi connectivity index (χ2v) is 6.75. The number of amides is 1. The van der Waals surface area contributed by atoms with Gasteiger partial charge in [0.2, 0.25) is 5.43 Å². The van der Waals surface area contributed by atoms with E-state index in [-0.39, 0.29) is 28.2 Å². The van der Waals surface area contributed by atoms with E-state index in [1.54, 1.807) is 47.3 Å². The monoisotopic (exact) mass is 403 g/mol. The first-order chi connectivity index (χ1) is 14.6. The van der Waals surface area contributed by atoms with Crippen LogP contribution < -0.4 is 10.7 Å². The molecule has 3 aromatic heterocycles. The van der Waals surface area contributed by atoms with Crippen molar-refractivity contribution in [3.05, 3.63) is 94.4 Å². The predicted octanol–water partition coefficient (Wildman–Crippen LogP) is 4.18. The molecule has 0 radical (unpaired) electrons. The highest BCUT2D eigenvalue weighted by molar-refractivity contribution is 6.04.